The number of fused-ring (bicyclic) bond motifs is 9. The lowest BCUT2D eigenvalue weighted by Gasteiger charge is -2.30. The van der Waals surface area contributed by atoms with Crippen molar-refractivity contribution in [1.82, 2.24) is 4.57 Å². The van der Waals surface area contributed by atoms with Crippen LogP contribution in [0.4, 0.5) is 11.4 Å². The van der Waals surface area contributed by atoms with E-state index in [0.29, 0.717) is 0 Å². The maximum absolute atomic E-state index is 2.49. The average Bonchev–Trinajstić information content (AvgIpc) is 3.75. The summed E-state index contributed by atoms with van der Waals surface area (Å²) in [6, 6.07) is 84.9. The maximum atomic E-state index is 2.49. The molecule has 66 heavy (non-hydrogen) atoms. The number of allylic oxidation sites excluding steroid dienone is 4. The fraction of sp³-hybridized carbons (Fsp3) is 0.0312. The van der Waals surface area contributed by atoms with Crippen LogP contribution in [0.3, 0.4) is 0 Å². The molecule has 0 N–H and O–H groups in total. The Morgan fingerprint density at radius 1 is 0.348 bits per heavy atom. The van der Waals surface area contributed by atoms with E-state index in [1.807, 2.05) is 0 Å². The van der Waals surface area contributed by atoms with Crippen LogP contribution in [0.1, 0.15) is 18.4 Å². The van der Waals surface area contributed by atoms with Crippen molar-refractivity contribution < 1.29 is 0 Å². The molecule has 1 aliphatic rings. The van der Waals surface area contributed by atoms with Gasteiger partial charge in [0.2, 0.25) is 0 Å². The molecule has 0 saturated heterocycles. The molecule has 0 atom stereocenters. The van der Waals surface area contributed by atoms with Crippen LogP contribution in [-0.2, 0) is 0 Å². The van der Waals surface area contributed by atoms with Gasteiger partial charge in [-0.05, 0) is 151 Å². The van der Waals surface area contributed by atoms with Crippen molar-refractivity contribution in [2.45, 2.75) is 12.8 Å². The molecule has 0 aliphatic heterocycles. The smallest absolute Gasteiger partial charge is 0.0625 e. The first-order valence-corrected chi connectivity index (χ1v) is 23.0. The highest BCUT2D eigenvalue weighted by atomic mass is 15.1. The molecule has 1 aromatic heterocycles. The number of hydrogen-bond donors (Lipinski definition) is 0. The molecule has 0 unspecified atom stereocenters. The van der Waals surface area contributed by atoms with E-state index in [4.69, 9.17) is 0 Å². The largest absolute Gasteiger partial charge is 0.314 e. The first kappa shape index (κ1) is 38.0. The van der Waals surface area contributed by atoms with E-state index >= 15 is 0 Å². The molecule has 0 radical (unpaired) electrons. The van der Waals surface area contributed by atoms with Gasteiger partial charge >= 0.3 is 0 Å². The molecule has 0 saturated carbocycles. The molecule has 310 valence electrons. The number of aromatic nitrogens is 1. The van der Waals surface area contributed by atoms with E-state index in [-0.39, 0.29) is 0 Å². The molecule has 13 rings (SSSR count). The normalized spacial score (nSPS) is 12.9. The Morgan fingerprint density at radius 3 is 1.77 bits per heavy atom. The second kappa shape index (κ2) is 15.7. The Kier molecular flexibility index (Phi) is 9.02. The van der Waals surface area contributed by atoms with E-state index < -0.39 is 0 Å². The summed E-state index contributed by atoms with van der Waals surface area (Å²) in [6.07, 6.45) is 6.56. The van der Waals surface area contributed by atoms with E-state index in [2.05, 4.69) is 252 Å². The van der Waals surface area contributed by atoms with Crippen molar-refractivity contribution in [1.29, 1.82) is 0 Å². The van der Waals surface area contributed by atoms with E-state index in [0.717, 1.165) is 29.9 Å². The fourth-order valence-corrected chi connectivity index (χ4v) is 10.7. The Bertz CT molecular complexity index is 3920. The average molecular weight is 841 g/mol. The van der Waals surface area contributed by atoms with Gasteiger partial charge in [0.15, 0.2) is 0 Å². The third kappa shape index (κ3) is 6.33. The van der Waals surface area contributed by atoms with Crippen molar-refractivity contribution >= 4 is 81.8 Å². The van der Waals surface area contributed by atoms with Gasteiger partial charge in [0.1, 0.15) is 0 Å². The van der Waals surface area contributed by atoms with Crippen LogP contribution in [-0.4, -0.2) is 4.57 Å². The predicted molar refractivity (Wildman–Crippen MR) is 282 cm³/mol. The molecular weight excluding hydrogens is 797 g/mol. The van der Waals surface area contributed by atoms with Crippen LogP contribution in [0.2, 0.25) is 0 Å². The standard InChI is InChI=1S/C64H44N2/c1-2-20-51(21-3-1)66-62-28-13-12-27-59(62)63-61(42-50-18-7-9-24-56(50)64(63)66)48-19-14-22-54(40-48)65(52-35-31-44(32-36-52)47-30-29-43-15-4-5-16-46(43)39-47)53-37-33-45(34-38-53)60-41-49-17-6-8-23-55(49)57-25-10-11-26-58(57)60/h1-31,33-35,37-42H,32,36H2. The number of para-hydroxylation sites is 2. The van der Waals surface area contributed by atoms with Gasteiger partial charge in [0.05, 0.1) is 11.0 Å². The summed E-state index contributed by atoms with van der Waals surface area (Å²) >= 11 is 0. The minimum absolute atomic E-state index is 0.907. The molecule has 2 nitrogen and oxygen atoms in total. The zero-order chi connectivity index (χ0) is 43.6. The highest BCUT2D eigenvalue weighted by Gasteiger charge is 2.23. The second-order valence-electron chi connectivity index (χ2n) is 17.6. The summed E-state index contributed by atoms with van der Waals surface area (Å²) in [7, 11) is 0. The van der Waals surface area contributed by atoms with Gasteiger partial charge in [0, 0.05) is 38.9 Å². The lowest BCUT2D eigenvalue weighted by molar-refractivity contribution is 0.930. The van der Waals surface area contributed by atoms with Crippen LogP contribution < -0.4 is 4.90 Å². The van der Waals surface area contributed by atoms with Crippen LogP contribution in [0.5, 0.6) is 0 Å². The van der Waals surface area contributed by atoms with Crippen molar-refractivity contribution in [3.63, 3.8) is 0 Å². The van der Waals surface area contributed by atoms with Gasteiger partial charge in [-0.3, -0.25) is 0 Å². The molecule has 1 aliphatic carbocycles. The van der Waals surface area contributed by atoms with Crippen molar-refractivity contribution in [3.8, 4) is 27.9 Å². The van der Waals surface area contributed by atoms with Crippen LogP contribution in [0.25, 0.3) is 98.4 Å². The lowest BCUT2D eigenvalue weighted by Crippen LogP contribution is -2.18. The number of nitrogens with zero attached hydrogens (tertiary/aromatic N) is 2. The molecular formula is C64H44N2. The SMILES string of the molecule is C1=C(c2ccc3ccccc3c2)CCC(N(c2ccc(-c3cc4ccccc4c4ccccc34)cc2)c2cccc(-c3cc4ccccc4c4c3c3ccccc3n4-c3ccccc3)c2)=C1. The zero-order valence-electron chi connectivity index (χ0n) is 36.4. The van der Waals surface area contributed by atoms with Crippen LogP contribution >= 0.6 is 0 Å². The van der Waals surface area contributed by atoms with Gasteiger partial charge in [-0.15, -0.1) is 0 Å². The minimum Gasteiger partial charge on any atom is -0.314 e. The Hall–Kier alpha value is -8.46. The predicted octanol–water partition coefficient (Wildman–Crippen LogP) is 17.6. The third-order valence-electron chi connectivity index (χ3n) is 13.8. The quantitative estimate of drug-likeness (QED) is 0.145. The first-order chi connectivity index (χ1) is 32.7. The second-order valence-corrected chi connectivity index (χ2v) is 17.6. The summed E-state index contributed by atoms with van der Waals surface area (Å²) in [5.74, 6) is 0. The zero-order valence-corrected chi connectivity index (χ0v) is 36.4. The molecule has 0 amide bonds. The highest BCUT2D eigenvalue weighted by Crippen LogP contribution is 2.45. The van der Waals surface area contributed by atoms with Crippen molar-refractivity contribution in [2.75, 3.05) is 4.90 Å². The van der Waals surface area contributed by atoms with Gasteiger partial charge in [-0.25, -0.2) is 0 Å². The summed E-state index contributed by atoms with van der Waals surface area (Å²) in [5, 5.41) is 12.6. The van der Waals surface area contributed by atoms with E-state index in [9.17, 15) is 0 Å². The summed E-state index contributed by atoms with van der Waals surface area (Å²) in [5.41, 5.74) is 14.7. The number of anilines is 2. The summed E-state index contributed by atoms with van der Waals surface area (Å²) in [6.45, 7) is 0. The third-order valence-corrected chi connectivity index (χ3v) is 13.8. The lowest BCUT2D eigenvalue weighted by atomic mass is 9.92. The number of rotatable bonds is 7. The van der Waals surface area contributed by atoms with Crippen LogP contribution in [0, 0.1) is 0 Å². The van der Waals surface area contributed by atoms with Gasteiger partial charge in [-0.2, -0.15) is 0 Å². The Balaban J connectivity index is 0.984. The van der Waals surface area contributed by atoms with Crippen molar-refractivity contribution in [3.05, 3.63) is 254 Å². The monoisotopic (exact) mass is 840 g/mol. The molecule has 0 fully saturated rings. The first-order valence-electron chi connectivity index (χ1n) is 23.0. The fourth-order valence-electron chi connectivity index (χ4n) is 10.7. The van der Waals surface area contributed by atoms with Gasteiger partial charge < -0.3 is 9.47 Å². The maximum Gasteiger partial charge on any atom is 0.0625 e. The number of hydrogen-bond acceptors (Lipinski definition) is 1. The molecule has 1 heterocycles. The highest BCUT2D eigenvalue weighted by molar-refractivity contribution is 6.24. The minimum atomic E-state index is 0.907. The van der Waals surface area contributed by atoms with E-state index in [1.165, 1.54) is 104 Å². The van der Waals surface area contributed by atoms with Gasteiger partial charge in [-0.1, -0.05) is 176 Å². The molecule has 0 spiro atoms. The topological polar surface area (TPSA) is 8.17 Å². The molecule has 12 aromatic rings. The van der Waals surface area contributed by atoms with Crippen molar-refractivity contribution in [2.24, 2.45) is 0 Å². The Labute approximate surface area is 384 Å². The summed E-state index contributed by atoms with van der Waals surface area (Å²) in [4.78, 5) is 2.49. The molecule has 11 aromatic carbocycles. The number of benzene rings is 11. The van der Waals surface area contributed by atoms with Gasteiger partial charge in [0.25, 0.3) is 0 Å². The Morgan fingerprint density at radius 2 is 0.985 bits per heavy atom. The van der Waals surface area contributed by atoms with Crippen LogP contribution in [0.15, 0.2) is 248 Å². The summed E-state index contributed by atoms with van der Waals surface area (Å²) < 4.78 is 2.46. The van der Waals surface area contributed by atoms with E-state index in [1.54, 1.807) is 0 Å². The molecule has 2 heteroatoms. The molecule has 0 bridgehead atoms.